The Morgan fingerprint density at radius 3 is 2.31 bits per heavy atom. The van der Waals surface area contributed by atoms with Crippen LogP contribution in [0.4, 0.5) is 5.69 Å². The molecule has 150 valence electrons. The molecule has 0 aliphatic heterocycles. The molecule has 0 aliphatic rings. The first-order valence-electron chi connectivity index (χ1n) is 9.07. The van der Waals surface area contributed by atoms with Gasteiger partial charge in [0.15, 0.2) is 12.4 Å². The van der Waals surface area contributed by atoms with E-state index >= 15 is 0 Å². The number of esters is 1. The lowest BCUT2D eigenvalue weighted by atomic mass is 10.1. The normalized spacial score (nSPS) is 10.4. The van der Waals surface area contributed by atoms with Gasteiger partial charge in [0.1, 0.15) is 6.54 Å². The van der Waals surface area contributed by atoms with E-state index in [-0.39, 0.29) is 18.2 Å². The number of carbonyl (C=O) groups is 4. The van der Waals surface area contributed by atoms with Crippen molar-refractivity contribution in [3.63, 3.8) is 0 Å². The Kier molecular flexibility index (Phi) is 8.31. The van der Waals surface area contributed by atoms with Crippen molar-refractivity contribution in [2.45, 2.75) is 13.3 Å². The van der Waals surface area contributed by atoms with E-state index < -0.39 is 18.5 Å². The Bertz CT molecular complexity index is 889. The van der Waals surface area contributed by atoms with Gasteiger partial charge in [-0.2, -0.15) is 0 Å². The van der Waals surface area contributed by atoms with Crippen molar-refractivity contribution in [2.24, 2.45) is 0 Å². The van der Waals surface area contributed by atoms with Crippen LogP contribution in [0.1, 0.15) is 29.3 Å². The van der Waals surface area contributed by atoms with Crippen molar-refractivity contribution in [3.8, 4) is 0 Å². The average molecular weight is 394 g/mol. The summed E-state index contributed by atoms with van der Waals surface area (Å²) in [5.74, 6) is -1.67. The molecule has 0 atom stereocenters. The fourth-order valence-corrected chi connectivity index (χ4v) is 2.22. The summed E-state index contributed by atoms with van der Waals surface area (Å²) in [6.07, 6.45) is 3.29. The summed E-state index contributed by atoms with van der Waals surface area (Å²) in [4.78, 5) is 46.8. The number of ketones is 1. The fourth-order valence-electron chi connectivity index (χ4n) is 2.22. The molecule has 0 heterocycles. The predicted octanol–water partition coefficient (Wildman–Crippen LogP) is 2.59. The number of nitrogens with one attached hydrogen (secondary N) is 2. The standard InChI is InChI=1S/C22H22N2O5/c1-2-20(26)24-18-11-9-17(10-12-18)19(25)15-29-22(28)14-23-21(27)13-8-16-6-4-3-5-7-16/h3-13H,2,14-15H2,1H3,(H,23,27)(H,24,26)/b13-8+. The van der Waals surface area contributed by atoms with Gasteiger partial charge in [0, 0.05) is 23.7 Å². The molecule has 0 fully saturated rings. The molecule has 0 saturated carbocycles. The monoisotopic (exact) mass is 394 g/mol. The van der Waals surface area contributed by atoms with Gasteiger partial charge in [0.2, 0.25) is 11.8 Å². The number of rotatable bonds is 9. The molecule has 2 N–H and O–H groups in total. The lowest BCUT2D eigenvalue weighted by molar-refractivity contribution is -0.142. The number of carbonyl (C=O) groups excluding carboxylic acids is 4. The summed E-state index contributed by atoms with van der Waals surface area (Å²) in [5, 5.41) is 5.07. The van der Waals surface area contributed by atoms with Crippen LogP contribution < -0.4 is 10.6 Å². The van der Waals surface area contributed by atoms with Crippen LogP contribution in [0.2, 0.25) is 0 Å². The van der Waals surface area contributed by atoms with E-state index in [9.17, 15) is 19.2 Å². The van der Waals surface area contributed by atoms with Crippen molar-refractivity contribution in [2.75, 3.05) is 18.5 Å². The molecule has 0 aliphatic carbocycles. The highest BCUT2D eigenvalue weighted by Crippen LogP contribution is 2.10. The van der Waals surface area contributed by atoms with Gasteiger partial charge in [0.25, 0.3) is 0 Å². The van der Waals surface area contributed by atoms with Gasteiger partial charge in [-0.3, -0.25) is 19.2 Å². The highest BCUT2D eigenvalue weighted by atomic mass is 16.5. The maximum Gasteiger partial charge on any atom is 0.325 e. The molecule has 7 nitrogen and oxygen atoms in total. The topological polar surface area (TPSA) is 102 Å². The number of anilines is 1. The summed E-state index contributed by atoms with van der Waals surface area (Å²) in [6.45, 7) is 0.964. The van der Waals surface area contributed by atoms with Crippen LogP contribution in [-0.2, 0) is 19.1 Å². The largest absolute Gasteiger partial charge is 0.456 e. The minimum Gasteiger partial charge on any atom is -0.456 e. The number of benzene rings is 2. The molecule has 7 heteroatoms. The van der Waals surface area contributed by atoms with E-state index in [0.717, 1.165) is 5.56 Å². The minimum absolute atomic E-state index is 0.126. The summed E-state index contributed by atoms with van der Waals surface area (Å²) >= 11 is 0. The van der Waals surface area contributed by atoms with Crippen LogP contribution in [0, 0.1) is 0 Å². The van der Waals surface area contributed by atoms with Gasteiger partial charge in [-0.1, -0.05) is 37.3 Å². The zero-order valence-electron chi connectivity index (χ0n) is 16.0. The zero-order chi connectivity index (χ0) is 21.1. The zero-order valence-corrected chi connectivity index (χ0v) is 16.0. The summed E-state index contributed by atoms with van der Waals surface area (Å²) < 4.78 is 4.89. The Morgan fingerprint density at radius 2 is 1.66 bits per heavy atom. The van der Waals surface area contributed by atoms with Gasteiger partial charge in [-0.25, -0.2) is 0 Å². The molecule has 0 unspecified atom stereocenters. The highest BCUT2D eigenvalue weighted by molar-refractivity contribution is 5.99. The third kappa shape index (κ3) is 7.80. The maximum absolute atomic E-state index is 12.1. The third-order valence-electron chi connectivity index (χ3n) is 3.81. The molecule has 0 bridgehead atoms. The van der Waals surface area contributed by atoms with E-state index in [4.69, 9.17) is 4.74 Å². The van der Waals surface area contributed by atoms with Gasteiger partial charge in [-0.15, -0.1) is 0 Å². The Labute approximate surface area is 168 Å². The van der Waals surface area contributed by atoms with Gasteiger partial charge < -0.3 is 15.4 Å². The van der Waals surface area contributed by atoms with Crippen molar-refractivity contribution in [1.82, 2.24) is 5.32 Å². The molecule has 0 saturated heterocycles. The lowest BCUT2D eigenvalue weighted by Crippen LogP contribution is -2.30. The molecule has 29 heavy (non-hydrogen) atoms. The van der Waals surface area contributed by atoms with Crippen molar-refractivity contribution in [3.05, 3.63) is 71.8 Å². The predicted molar refractivity (Wildman–Crippen MR) is 109 cm³/mol. The molecule has 2 aromatic carbocycles. The number of Topliss-reactive ketones (excluding diaryl/α,β-unsaturated/α-hetero) is 1. The van der Waals surface area contributed by atoms with Crippen molar-refractivity contribution < 1.29 is 23.9 Å². The summed E-state index contributed by atoms with van der Waals surface area (Å²) in [7, 11) is 0. The molecule has 0 aromatic heterocycles. The first kappa shape index (κ1) is 21.6. The highest BCUT2D eigenvalue weighted by Gasteiger charge is 2.11. The van der Waals surface area contributed by atoms with Gasteiger partial charge in [-0.05, 0) is 35.9 Å². The van der Waals surface area contributed by atoms with Crippen LogP contribution in [-0.4, -0.2) is 36.7 Å². The second kappa shape index (κ2) is 11.2. The number of amides is 2. The second-order valence-electron chi connectivity index (χ2n) is 6.02. The summed E-state index contributed by atoms with van der Waals surface area (Å²) in [5.41, 5.74) is 1.79. The Morgan fingerprint density at radius 1 is 0.966 bits per heavy atom. The van der Waals surface area contributed by atoms with Gasteiger partial charge in [0.05, 0.1) is 0 Å². The van der Waals surface area contributed by atoms with Crippen molar-refractivity contribution in [1.29, 1.82) is 0 Å². The number of hydrogen-bond acceptors (Lipinski definition) is 5. The van der Waals surface area contributed by atoms with E-state index in [1.807, 2.05) is 30.3 Å². The first-order valence-corrected chi connectivity index (χ1v) is 9.07. The minimum atomic E-state index is -0.716. The first-order chi connectivity index (χ1) is 14.0. The van der Waals surface area contributed by atoms with Crippen LogP contribution in [0.5, 0.6) is 0 Å². The molecule has 2 rings (SSSR count). The fraction of sp³-hybridized carbons (Fsp3) is 0.182. The van der Waals surface area contributed by atoms with Crippen LogP contribution in [0.15, 0.2) is 60.7 Å². The van der Waals surface area contributed by atoms with E-state index in [1.165, 1.54) is 18.2 Å². The molecular weight excluding hydrogens is 372 g/mol. The van der Waals surface area contributed by atoms with Crippen LogP contribution in [0.3, 0.4) is 0 Å². The van der Waals surface area contributed by atoms with E-state index in [2.05, 4.69) is 10.6 Å². The number of hydrogen-bond donors (Lipinski definition) is 2. The molecule has 2 aromatic rings. The molecular formula is C22H22N2O5. The molecule has 2 amide bonds. The van der Waals surface area contributed by atoms with Gasteiger partial charge >= 0.3 is 5.97 Å². The Hall–Kier alpha value is -3.74. The van der Waals surface area contributed by atoms with E-state index in [0.29, 0.717) is 17.7 Å². The summed E-state index contributed by atoms with van der Waals surface area (Å²) in [6, 6.07) is 15.5. The Balaban J connectivity index is 1.72. The average Bonchev–Trinajstić information content (AvgIpc) is 2.75. The van der Waals surface area contributed by atoms with Crippen molar-refractivity contribution >= 4 is 35.3 Å². The molecule has 0 radical (unpaired) electrons. The SMILES string of the molecule is CCC(=O)Nc1ccc(C(=O)COC(=O)CNC(=O)/C=C/c2ccccc2)cc1. The second-order valence-corrected chi connectivity index (χ2v) is 6.02. The lowest BCUT2D eigenvalue weighted by Gasteiger charge is -2.06. The van der Waals surface area contributed by atoms with Crippen LogP contribution in [0.25, 0.3) is 6.08 Å². The quantitative estimate of drug-likeness (QED) is 0.387. The third-order valence-corrected chi connectivity index (χ3v) is 3.81. The number of ether oxygens (including phenoxy) is 1. The maximum atomic E-state index is 12.1. The molecule has 0 spiro atoms. The smallest absolute Gasteiger partial charge is 0.325 e. The van der Waals surface area contributed by atoms with Crippen LogP contribution >= 0.6 is 0 Å². The van der Waals surface area contributed by atoms with E-state index in [1.54, 1.807) is 25.1 Å².